The van der Waals surface area contributed by atoms with Crippen LogP contribution in [0.4, 0.5) is 0 Å². The van der Waals surface area contributed by atoms with Gasteiger partial charge in [-0.25, -0.2) is 4.79 Å². The number of carboxylic acid groups (broad SMARTS) is 1. The van der Waals surface area contributed by atoms with Crippen molar-refractivity contribution in [1.82, 2.24) is 10.6 Å². The van der Waals surface area contributed by atoms with E-state index in [9.17, 15) is 19.5 Å². The summed E-state index contributed by atoms with van der Waals surface area (Å²) in [6.07, 6.45) is 0.585. The van der Waals surface area contributed by atoms with Crippen molar-refractivity contribution >= 4 is 17.8 Å². The highest BCUT2D eigenvalue weighted by atomic mass is 16.5. The number of carbonyl (C=O) groups excluding carboxylic acids is 2. The molecular weight excluding hydrogens is 434 g/mol. The third-order valence-electron chi connectivity index (χ3n) is 5.71. The van der Waals surface area contributed by atoms with Gasteiger partial charge in [0.05, 0.1) is 18.2 Å². The number of nitriles is 1. The Morgan fingerprint density at radius 1 is 1.12 bits per heavy atom. The molecule has 1 aliphatic rings. The Bertz CT molecular complexity index is 1080. The van der Waals surface area contributed by atoms with Crippen molar-refractivity contribution in [3.63, 3.8) is 0 Å². The third kappa shape index (κ3) is 6.58. The molecular formula is C26H29N3O5. The number of amides is 2. The van der Waals surface area contributed by atoms with E-state index in [1.165, 1.54) is 0 Å². The number of fused-ring (bicyclic) bond motifs is 1. The van der Waals surface area contributed by atoms with E-state index in [1.54, 1.807) is 18.2 Å². The summed E-state index contributed by atoms with van der Waals surface area (Å²) in [6, 6.07) is 14.4. The van der Waals surface area contributed by atoms with Gasteiger partial charge in [0.2, 0.25) is 11.8 Å². The summed E-state index contributed by atoms with van der Waals surface area (Å²) in [5.41, 5.74) is 2.12. The summed E-state index contributed by atoms with van der Waals surface area (Å²) in [4.78, 5) is 37.6. The molecule has 3 rings (SSSR count). The number of carboxylic acids is 1. The molecule has 178 valence electrons. The van der Waals surface area contributed by atoms with Crippen molar-refractivity contribution in [3.05, 3.63) is 65.2 Å². The molecule has 0 bridgehead atoms. The van der Waals surface area contributed by atoms with E-state index >= 15 is 0 Å². The van der Waals surface area contributed by atoms with Crippen LogP contribution >= 0.6 is 0 Å². The van der Waals surface area contributed by atoms with Crippen molar-refractivity contribution in [2.75, 3.05) is 6.61 Å². The van der Waals surface area contributed by atoms with Crippen LogP contribution in [0.1, 0.15) is 49.3 Å². The molecule has 3 N–H and O–H groups in total. The van der Waals surface area contributed by atoms with E-state index in [0.717, 1.165) is 11.1 Å². The predicted octanol–water partition coefficient (Wildman–Crippen LogP) is 2.77. The minimum Gasteiger partial charge on any atom is -0.493 e. The molecule has 0 spiro atoms. The Morgan fingerprint density at radius 2 is 1.85 bits per heavy atom. The number of hydrogen-bond acceptors (Lipinski definition) is 5. The van der Waals surface area contributed by atoms with Gasteiger partial charge in [-0.3, -0.25) is 9.59 Å². The summed E-state index contributed by atoms with van der Waals surface area (Å²) in [6.45, 7) is 4.07. The number of ether oxygens (including phenoxy) is 1. The molecule has 34 heavy (non-hydrogen) atoms. The van der Waals surface area contributed by atoms with Crippen molar-refractivity contribution in [1.29, 1.82) is 5.26 Å². The van der Waals surface area contributed by atoms with Crippen molar-refractivity contribution in [2.45, 2.75) is 51.1 Å². The Morgan fingerprint density at radius 3 is 2.50 bits per heavy atom. The zero-order valence-electron chi connectivity index (χ0n) is 19.3. The van der Waals surface area contributed by atoms with Gasteiger partial charge in [0.1, 0.15) is 17.8 Å². The van der Waals surface area contributed by atoms with Gasteiger partial charge in [-0.05, 0) is 36.1 Å². The molecule has 1 unspecified atom stereocenters. The minimum absolute atomic E-state index is 0.0734. The first-order valence-corrected chi connectivity index (χ1v) is 11.3. The van der Waals surface area contributed by atoms with Crippen LogP contribution in [0, 0.1) is 17.2 Å². The fourth-order valence-electron chi connectivity index (χ4n) is 4.02. The fraction of sp³-hybridized carbons (Fsp3) is 0.385. The Balaban J connectivity index is 1.73. The van der Waals surface area contributed by atoms with Gasteiger partial charge in [-0.2, -0.15) is 5.26 Å². The predicted molar refractivity (Wildman–Crippen MR) is 125 cm³/mol. The number of nitrogens with one attached hydrogen (secondary N) is 2. The molecule has 0 radical (unpaired) electrons. The minimum atomic E-state index is -1.11. The van der Waals surface area contributed by atoms with Gasteiger partial charge in [-0.1, -0.05) is 44.2 Å². The van der Waals surface area contributed by atoms with Crippen LogP contribution < -0.4 is 15.4 Å². The lowest BCUT2D eigenvalue weighted by molar-refractivity contribution is -0.142. The van der Waals surface area contributed by atoms with E-state index in [0.29, 0.717) is 17.9 Å². The van der Waals surface area contributed by atoms with Crippen molar-refractivity contribution < 1.29 is 24.2 Å². The standard InChI is InChI=1S/C26H29N3O5/c1-16(2)10-22(26(32)33)29-25(31)21(12-17-6-4-3-5-7-17)28-24(30)13-19-15-34-23-9-8-18(14-27)11-20(19)23/h3-9,11,16,19,21-22H,10,12-13,15H2,1-2H3,(H,28,30)(H,29,31)(H,32,33)/t19?,21-,22-/m0/s1. The van der Waals surface area contributed by atoms with E-state index < -0.39 is 24.0 Å². The van der Waals surface area contributed by atoms with Crippen LogP contribution in [0.3, 0.4) is 0 Å². The Labute approximate surface area is 198 Å². The second-order valence-electron chi connectivity index (χ2n) is 8.92. The summed E-state index contributed by atoms with van der Waals surface area (Å²) >= 11 is 0. The largest absolute Gasteiger partial charge is 0.493 e. The second-order valence-corrected chi connectivity index (χ2v) is 8.92. The molecule has 0 aliphatic carbocycles. The third-order valence-corrected chi connectivity index (χ3v) is 5.71. The van der Waals surface area contributed by atoms with Gasteiger partial charge in [0, 0.05) is 24.3 Å². The zero-order chi connectivity index (χ0) is 24.7. The SMILES string of the molecule is CC(C)C[C@H](NC(=O)[C@H](Cc1ccccc1)NC(=O)CC1COc2ccc(C#N)cc21)C(=O)O. The smallest absolute Gasteiger partial charge is 0.326 e. The summed E-state index contributed by atoms with van der Waals surface area (Å²) < 4.78 is 5.64. The highest BCUT2D eigenvalue weighted by Crippen LogP contribution is 2.36. The van der Waals surface area contributed by atoms with Crippen LogP contribution in [0.15, 0.2) is 48.5 Å². The average Bonchev–Trinajstić information content (AvgIpc) is 3.20. The molecule has 1 heterocycles. The van der Waals surface area contributed by atoms with E-state index in [2.05, 4.69) is 16.7 Å². The number of rotatable bonds is 10. The normalized spacial score (nSPS) is 16.0. The van der Waals surface area contributed by atoms with E-state index in [-0.39, 0.29) is 37.0 Å². The van der Waals surface area contributed by atoms with E-state index in [1.807, 2.05) is 44.2 Å². The Hall–Kier alpha value is -3.86. The molecule has 0 saturated heterocycles. The Kier molecular flexibility index (Phi) is 8.25. The monoisotopic (exact) mass is 463 g/mol. The summed E-state index contributed by atoms with van der Waals surface area (Å²) in [5.74, 6) is -1.52. The number of nitrogens with zero attached hydrogens (tertiary/aromatic N) is 1. The molecule has 8 nitrogen and oxygen atoms in total. The summed E-state index contributed by atoms with van der Waals surface area (Å²) in [5, 5.41) is 24.0. The zero-order valence-corrected chi connectivity index (χ0v) is 19.3. The first kappa shape index (κ1) is 24.8. The van der Waals surface area contributed by atoms with Crippen molar-refractivity contribution in [2.24, 2.45) is 5.92 Å². The first-order chi connectivity index (χ1) is 16.3. The molecule has 0 fully saturated rings. The molecule has 2 aromatic carbocycles. The average molecular weight is 464 g/mol. The lowest BCUT2D eigenvalue weighted by Gasteiger charge is -2.23. The number of hydrogen-bond donors (Lipinski definition) is 3. The maximum absolute atomic E-state index is 13.0. The molecule has 2 aromatic rings. The van der Waals surface area contributed by atoms with Gasteiger partial charge < -0.3 is 20.5 Å². The van der Waals surface area contributed by atoms with Gasteiger partial charge in [0.15, 0.2) is 0 Å². The van der Waals surface area contributed by atoms with Crippen LogP contribution in [0.5, 0.6) is 5.75 Å². The highest BCUT2D eigenvalue weighted by Gasteiger charge is 2.30. The van der Waals surface area contributed by atoms with Gasteiger partial charge >= 0.3 is 5.97 Å². The maximum Gasteiger partial charge on any atom is 0.326 e. The molecule has 3 atom stereocenters. The van der Waals surface area contributed by atoms with E-state index in [4.69, 9.17) is 10.00 Å². The number of aliphatic carboxylic acids is 1. The maximum atomic E-state index is 13.0. The van der Waals surface area contributed by atoms with Crippen molar-refractivity contribution in [3.8, 4) is 11.8 Å². The summed E-state index contributed by atoms with van der Waals surface area (Å²) in [7, 11) is 0. The molecule has 0 aromatic heterocycles. The quantitative estimate of drug-likeness (QED) is 0.497. The molecule has 1 aliphatic heterocycles. The molecule has 2 amide bonds. The number of carbonyl (C=O) groups is 3. The molecule has 0 saturated carbocycles. The van der Waals surface area contributed by atoms with Crippen LogP contribution in [0.2, 0.25) is 0 Å². The van der Waals surface area contributed by atoms with Crippen LogP contribution in [-0.4, -0.2) is 41.6 Å². The fourth-order valence-corrected chi connectivity index (χ4v) is 4.02. The lowest BCUT2D eigenvalue weighted by Crippen LogP contribution is -2.52. The molecule has 8 heteroatoms. The van der Waals surface area contributed by atoms with Crippen LogP contribution in [-0.2, 0) is 20.8 Å². The second kappa shape index (κ2) is 11.3. The van der Waals surface area contributed by atoms with Gasteiger partial charge in [0.25, 0.3) is 0 Å². The number of benzene rings is 2. The van der Waals surface area contributed by atoms with Crippen LogP contribution in [0.25, 0.3) is 0 Å². The van der Waals surface area contributed by atoms with Gasteiger partial charge in [-0.15, -0.1) is 0 Å². The lowest BCUT2D eigenvalue weighted by atomic mass is 9.95. The topological polar surface area (TPSA) is 129 Å². The first-order valence-electron chi connectivity index (χ1n) is 11.3. The highest BCUT2D eigenvalue weighted by molar-refractivity contribution is 5.90.